The van der Waals surface area contributed by atoms with Crippen molar-refractivity contribution in [3.63, 3.8) is 0 Å². The maximum atomic E-state index is 5.67. The Bertz CT molecular complexity index is 321. The largest absolute Gasteiger partial charge is 0.446 e. The molecular weight excluding hydrogens is 216 g/mol. The first kappa shape index (κ1) is 14.2. The molecule has 0 aliphatic heterocycles. The molecule has 0 radical (unpaired) electrons. The molecule has 1 N–H and O–H groups in total. The van der Waals surface area contributed by atoms with E-state index in [1.807, 2.05) is 13.8 Å². The Balaban J connectivity index is 2.37. The smallest absolute Gasteiger partial charge is 0.195 e. The number of methoxy groups -OCH3 is 1. The van der Waals surface area contributed by atoms with E-state index in [4.69, 9.17) is 9.15 Å². The van der Waals surface area contributed by atoms with Gasteiger partial charge in [0.1, 0.15) is 5.76 Å². The second kappa shape index (κ2) is 6.77. The van der Waals surface area contributed by atoms with Gasteiger partial charge in [-0.3, -0.25) is 0 Å². The van der Waals surface area contributed by atoms with Gasteiger partial charge in [0.15, 0.2) is 5.89 Å². The predicted molar refractivity (Wildman–Crippen MR) is 68.2 cm³/mol. The minimum absolute atomic E-state index is 0.197. The van der Waals surface area contributed by atoms with Gasteiger partial charge in [0, 0.05) is 26.5 Å². The molecule has 1 aromatic heterocycles. The van der Waals surface area contributed by atoms with Crippen molar-refractivity contribution in [2.24, 2.45) is 0 Å². The van der Waals surface area contributed by atoms with Crippen LogP contribution in [0.5, 0.6) is 0 Å². The van der Waals surface area contributed by atoms with E-state index < -0.39 is 0 Å². The Morgan fingerprint density at radius 2 is 2.18 bits per heavy atom. The van der Waals surface area contributed by atoms with Crippen molar-refractivity contribution in [1.29, 1.82) is 0 Å². The minimum atomic E-state index is -0.197. The third kappa shape index (κ3) is 5.33. The standard InChI is InChI=1S/C13H24N2O2/c1-5-7-14-8-6-12-15-10-11(17-12)9-13(2,3)16-4/h10,14H,5-9H2,1-4H3. The van der Waals surface area contributed by atoms with Crippen molar-refractivity contribution in [2.45, 2.75) is 45.6 Å². The molecule has 4 heteroatoms. The molecule has 1 rings (SSSR count). The van der Waals surface area contributed by atoms with Crippen LogP contribution < -0.4 is 5.32 Å². The fraction of sp³-hybridized carbons (Fsp3) is 0.769. The number of rotatable bonds is 8. The minimum Gasteiger partial charge on any atom is -0.446 e. The normalized spacial score (nSPS) is 12.0. The van der Waals surface area contributed by atoms with Crippen LogP contribution in [-0.2, 0) is 17.6 Å². The Kier molecular flexibility index (Phi) is 5.65. The highest BCUT2D eigenvalue weighted by atomic mass is 16.5. The van der Waals surface area contributed by atoms with Gasteiger partial charge in [0.2, 0.25) is 0 Å². The zero-order valence-electron chi connectivity index (χ0n) is 11.4. The van der Waals surface area contributed by atoms with Gasteiger partial charge in [0.25, 0.3) is 0 Å². The van der Waals surface area contributed by atoms with Crippen molar-refractivity contribution >= 4 is 0 Å². The van der Waals surface area contributed by atoms with Crippen molar-refractivity contribution < 1.29 is 9.15 Å². The summed E-state index contributed by atoms with van der Waals surface area (Å²) < 4.78 is 11.0. The van der Waals surface area contributed by atoms with Gasteiger partial charge < -0.3 is 14.5 Å². The predicted octanol–water partition coefficient (Wildman–Crippen LogP) is 2.18. The maximum Gasteiger partial charge on any atom is 0.195 e. The van der Waals surface area contributed by atoms with E-state index in [1.54, 1.807) is 13.3 Å². The summed E-state index contributed by atoms with van der Waals surface area (Å²) >= 11 is 0. The molecule has 17 heavy (non-hydrogen) atoms. The first-order valence-electron chi connectivity index (χ1n) is 6.27. The molecule has 0 fully saturated rings. The second-order valence-corrected chi connectivity index (χ2v) is 4.86. The van der Waals surface area contributed by atoms with E-state index in [9.17, 15) is 0 Å². The summed E-state index contributed by atoms with van der Waals surface area (Å²) in [6, 6.07) is 0. The highest BCUT2D eigenvalue weighted by molar-refractivity contribution is 4.98. The number of hydrogen-bond acceptors (Lipinski definition) is 4. The summed E-state index contributed by atoms with van der Waals surface area (Å²) in [6.07, 6.45) is 4.54. The third-order valence-corrected chi connectivity index (χ3v) is 2.70. The highest BCUT2D eigenvalue weighted by Gasteiger charge is 2.19. The molecule has 0 aliphatic carbocycles. The lowest BCUT2D eigenvalue weighted by Gasteiger charge is -2.20. The number of nitrogens with one attached hydrogen (secondary N) is 1. The third-order valence-electron chi connectivity index (χ3n) is 2.70. The number of ether oxygens (including phenoxy) is 1. The topological polar surface area (TPSA) is 47.3 Å². The lowest BCUT2D eigenvalue weighted by atomic mass is 10.0. The van der Waals surface area contributed by atoms with Crippen LogP contribution in [0.25, 0.3) is 0 Å². The molecule has 0 saturated carbocycles. The number of nitrogens with zero attached hydrogens (tertiary/aromatic N) is 1. The summed E-state index contributed by atoms with van der Waals surface area (Å²) in [6.45, 7) is 8.20. The van der Waals surface area contributed by atoms with Crippen LogP contribution in [-0.4, -0.2) is 30.8 Å². The van der Waals surface area contributed by atoms with Crippen molar-refractivity contribution in [1.82, 2.24) is 10.3 Å². The number of hydrogen-bond donors (Lipinski definition) is 1. The molecule has 0 bridgehead atoms. The summed E-state index contributed by atoms with van der Waals surface area (Å²) in [5.41, 5.74) is -0.197. The Hall–Kier alpha value is -0.870. The summed E-state index contributed by atoms with van der Waals surface area (Å²) in [7, 11) is 1.71. The van der Waals surface area contributed by atoms with E-state index >= 15 is 0 Å². The van der Waals surface area contributed by atoms with Crippen molar-refractivity contribution in [3.8, 4) is 0 Å². The van der Waals surface area contributed by atoms with Crippen LogP contribution >= 0.6 is 0 Å². The van der Waals surface area contributed by atoms with Gasteiger partial charge in [-0.2, -0.15) is 0 Å². The van der Waals surface area contributed by atoms with Crippen molar-refractivity contribution in [3.05, 3.63) is 17.8 Å². The lowest BCUT2D eigenvalue weighted by Crippen LogP contribution is -2.25. The summed E-state index contributed by atoms with van der Waals surface area (Å²) in [4.78, 5) is 4.27. The zero-order chi connectivity index (χ0) is 12.7. The molecule has 4 nitrogen and oxygen atoms in total. The van der Waals surface area contributed by atoms with Gasteiger partial charge >= 0.3 is 0 Å². The van der Waals surface area contributed by atoms with E-state index in [0.29, 0.717) is 0 Å². The lowest BCUT2D eigenvalue weighted by molar-refractivity contribution is 0.0190. The van der Waals surface area contributed by atoms with Crippen LogP contribution in [0, 0.1) is 0 Å². The summed E-state index contributed by atoms with van der Waals surface area (Å²) in [5.74, 6) is 1.69. The van der Waals surface area contributed by atoms with E-state index in [2.05, 4.69) is 17.2 Å². The molecule has 0 amide bonds. The summed E-state index contributed by atoms with van der Waals surface area (Å²) in [5, 5.41) is 3.33. The molecule has 0 aromatic carbocycles. The second-order valence-electron chi connectivity index (χ2n) is 4.86. The van der Waals surface area contributed by atoms with Gasteiger partial charge in [0.05, 0.1) is 11.8 Å². The molecule has 0 spiro atoms. The van der Waals surface area contributed by atoms with E-state index in [-0.39, 0.29) is 5.60 Å². The first-order valence-corrected chi connectivity index (χ1v) is 6.27. The van der Waals surface area contributed by atoms with Crippen LogP contribution in [0.1, 0.15) is 38.8 Å². The molecular formula is C13H24N2O2. The molecule has 1 heterocycles. The zero-order valence-corrected chi connectivity index (χ0v) is 11.4. The fourth-order valence-corrected chi connectivity index (χ4v) is 1.53. The van der Waals surface area contributed by atoms with Gasteiger partial charge in [-0.15, -0.1) is 0 Å². The number of aromatic nitrogens is 1. The van der Waals surface area contributed by atoms with Crippen LogP contribution in [0.2, 0.25) is 0 Å². The van der Waals surface area contributed by atoms with Crippen molar-refractivity contribution in [2.75, 3.05) is 20.2 Å². The van der Waals surface area contributed by atoms with Gasteiger partial charge in [-0.25, -0.2) is 4.98 Å². The van der Waals surface area contributed by atoms with E-state index in [0.717, 1.165) is 44.0 Å². The monoisotopic (exact) mass is 240 g/mol. The quantitative estimate of drug-likeness (QED) is 0.708. The Morgan fingerprint density at radius 1 is 1.41 bits per heavy atom. The average molecular weight is 240 g/mol. The molecule has 0 unspecified atom stereocenters. The molecule has 98 valence electrons. The maximum absolute atomic E-state index is 5.67. The Labute approximate surface area is 104 Å². The average Bonchev–Trinajstić information content (AvgIpc) is 2.71. The highest BCUT2D eigenvalue weighted by Crippen LogP contribution is 2.16. The van der Waals surface area contributed by atoms with Gasteiger partial charge in [-0.05, 0) is 26.8 Å². The van der Waals surface area contributed by atoms with E-state index in [1.165, 1.54) is 0 Å². The molecule has 0 aliphatic rings. The number of oxazole rings is 1. The van der Waals surface area contributed by atoms with Crippen LogP contribution in [0.15, 0.2) is 10.6 Å². The SMILES string of the molecule is CCCNCCc1ncc(CC(C)(C)OC)o1. The van der Waals surface area contributed by atoms with Crippen LogP contribution in [0.3, 0.4) is 0 Å². The first-order chi connectivity index (χ1) is 8.07. The molecule has 0 atom stereocenters. The van der Waals surface area contributed by atoms with Gasteiger partial charge in [-0.1, -0.05) is 6.92 Å². The molecule has 1 aromatic rings. The van der Waals surface area contributed by atoms with Crippen LogP contribution in [0.4, 0.5) is 0 Å². The molecule has 0 saturated heterocycles. The fourth-order valence-electron chi connectivity index (χ4n) is 1.53. The Morgan fingerprint density at radius 3 is 2.82 bits per heavy atom.